The minimum Gasteiger partial charge on any atom is -0.374 e. The molecule has 0 bridgehead atoms. The van der Waals surface area contributed by atoms with Gasteiger partial charge < -0.3 is 14.7 Å². The van der Waals surface area contributed by atoms with Gasteiger partial charge in [0.2, 0.25) is 11.8 Å². The van der Waals surface area contributed by atoms with E-state index < -0.39 is 0 Å². The Morgan fingerprint density at radius 2 is 2.24 bits per heavy atom. The van der Waals surface area contributed by atoms with Gasteiger partial charge in [-0.2, -0.15) is 4.98 Å². The van der Waals surface area contributed by atoms with Gasteiger partial charge >= 0.3 is 0 Å². The Hall–Kier alpha value is -2.37. The molecule has 134 valence electrons. The van der Waals surface area contributed by atoms with Gasteiger partial charge in [-0.05, 0) is 44.4 Å². The van der Waals surface area contributed by atoms with Crippen LogP contribution < -0.4 is 10.2 Å². The molecule has 2 heterocycles. The van der Waals surface area contributed by atoms with E-state index in [4.69, 9.17) is 4.52 Å². The molecule has 1 unspecified atom stereocenters. The molecule has 25 heavy (non-hydrogen) atoms. The highest BCUT2D eigenvalue weighted by Gasteiger charge is 2.20. The second kappa shape index (κ2) is 8.14. The number of piperidine rings is 1. The van der Waals surface area contributed by atoms with E-state index in [2.05, 4.69) is 22.4 Å². The van der Waals surface area contributed by atoms with Crippen LogP contribution in [-0.2, 0) is 11.2 Å². The SMILES string of the molecule is CCCCc1noc(C(C)Nc2cccc(N3CCCCC3=O)c2)n1. The van der Waals surface area contributed by atoms with Gasteiger partial charge in [0.05, 0.1) is 0 Å². The van der Waals surface area contributed by atoms with E-state index in [1.807, 2.05) is 36.1 Å². The number of hydrogen-bond acceptors (Lipinski definition) is 5. The lowest BCUT2D eigenvalue weighted by Crippen LogP contribution is -2.35. The second-order valence-corrected chi connectivity index (χ2v) is 6.57. The van der Waals surface area contributed by atoms with Crippen molar-refractivity contribution in [1.82, 2.24) is 10.1 Å². The van der Waals surface area contributed by atoms with Crippen LogP contribution in [0.25, 0.3) is 0 Å². The van der Waals surface area contributed by atoms with Gasteiger partial charge in [0.15, 0.2) is 5.82 Å². The van der Waals surface area contributed by atoms with Crippen molar-refractivity contribution in [2.45, 2.75) is 58.4 Å². The van der Waals surface area contributed by atoms with Gasteiger partial charge in [-0.25, -0.2) is 0 Å². The predicted octanol–water partition coefficient (Wildman–Crippen LogP) is 4.10. The summed E-state index contributed by atoms with van der Waals surface area (Å²) < 4.78 is 5.37. The highest BCUT2D eigenvalue weighted by molar-refractivity contribution is 5.94. The summed E-state index contributed by atoms with van der Waals surface area (Å²) in [5.74, 6) is 1.55. The molecule has 1 saturated heterocycles. The Bertz CT molecular complexity index is 713. The van der Waals surface area contributed by atoms with Crippen molar-refractivity contribution in [2.75, 3.05) is 16.8 Å². The van der Waals surface area contributed by atoms with Gasteiger partial charge in [0.1, 0.15) is 6.04 Å². The van der Waals surface area contributed by atoms with Crippen LogP contribution in [0.5, 0.6) is 0 Å². The maximum absolute atomic E-state index is 12.1. The molecule has 6 heteroatoms. The van der Waals surface area contributed by atoms with E-state index in [9.17, 15) is 4.79 Å². The summed E-state index contributed by atoms with van der Waals surface area (Å²) in [5.41, 5.74) is 1.88. The van der Waals surface area contributed by atoms with E-state index in [0.717, 1.165) is 55.8 Å². The van der Waals surface area contributed by atoms with Gasteiger partial charge in [-0.1, -0.05) is 24.6 Å². The molecule has 1 aromatic carbocycles. The van der Waals surface area contributed by atoms with Gasteiger partial charge in [-0.15, -0.1) is 0 Å². The lowest BCUT2D eigenvalue weighted by atomic mass is 10.1. The number of rotatable bonds is 7. The Balaban J connectivity index is 1.67. The van der Waals surface area contributed by atoms with Gasteiger partial charge in [0, 0.05) is 30.8 Å². The van der Waals surface area contributed by atoms with Crippen LogP contribution in [0.15, 0.2) is 28.8 Å². The summed E-state index contributed by atoms with van der Waals surface area (Å²) in [6.45, 7) is 4.93. The average Bonchev–Trinajstić information content (AvgIpc) is 3.10. The predicted molar refractivity (Wildman–Crippen MR) is 97.6 cm³/mol. The van der Waals surface area contributed by atoms with Crippen molar-refractivity contribution in [1.29, 1.82) is 0 Å². The van der Waals surface area contributed by atoms with E-state index in [0.29, 0.717) is 12.3 Å². The number of nitrogens with zero attached hydrogens (tertiary/aromatic N) is 3. The zero-order chi connectivity index (χ0) is 17.6. The fourth-order valence-electron chi connectivity index (χ4n) is 3.03. The van der Waals surface area contributed by atoms with Crippen LogP contribution in [0.1, 0.15) is 63.7 Å². The zero-order valence-electron chi connectivity index (χ0n) is 15.0. The summed E-state index contributed by atoms with van der Waals surface area (Å²) in [6, 6.07) is 7.85. The third-order valence-corrected chi connectivity index (χ3v) is 4.47. The third kappa shape index (κ3) is 4.38. The fourth-order valence-corrected chi connectivity index (χ4v) is 3.03. The summed E-state index contributed by atoms with van der Waals surface area (Å²) in [5, 5.41) is 7.43. The number of aromatic nitrogens is 2. The number of carbonyl (C=O) groups is 1. The molecule has 0 saturated carbocycles. The molecule has 1 amide bonds. The summed E-state index contributed by atoms with van der Waals surface area (Å²) >= 11 is 0. The molecule has 6 nitrogen and oxygen atoms in total. The first-order valence-electron chi connectivity index (χ1n) is 9.17. The van der Waals surface area contributed by atoms with Crippen LogP contribution in [0.4, 0.5) is 11.4 Å². The van der Waals surface area contributed by atoms with E-state index >= 15 is 0 Å². The quantitative estimate of drug-likeness (QED) is 0.820. The van der Waals surface area contributed by atoms with Gasteiger partial charge in [0.25, 0.3) is 0 Å². The minimum absolute atomic E-state index is 0.0878. The van der Waals surface area contributed by atoms with Crippen molar-refractivity contribution >= 4 is 17.3 Å². The van der Waals surface area contributed by atoms with Crippen molar-refractivity contribution in [2.24, 2.45) is 0 Å². The van der Waals surface area contributed by atoms with Gasteiger partial charge in [-0.3, -0.25) is 4.79 Å². The highest BCUT2D eigenvalue weighted by Crippen LogP contribution is 2.26. The molecule has 0 spiro atoms. The van der Waals surface area contributed by atoms with Crippen LogP contribution in [0.2, 0.25) is 0 Å². The minimum atomic E-state index is -0.0878. The van der Waals surface area contributed by atoms with Crippen molar-refractivity contribution in [3.8, 4) is 0 Å². The van der Waals surface area contributed by atoms with Crippen molar-refractivity contribution in [3.63, 3.8) is 0 Å². The first-order valence-corrected chi connectivity index (χ1v) is 9.17. The number of amides is 1. The summed E-state index contributed by atoms with van der Waals surface area (Å²) in [7, 11) is 0. The third-order valence-electron chi connectivity index (χ3n) is 4.47. The van der Waals surface area contributed by atoms with Crippen molar-refractivity contribution in [3.05, 3.63) is 36.0 Å². The smallest absolute Gasteiger partial charge is 0.248 e. The molecule has 1 aromatic heterocycles. The molecule has 1 aliphatic heterocycles. The zero-order valence-corrected chi connectivity index (χ0v) is 15.0. The molecule has 0 aliphatic carbocycles. The number of carbonyl (C=O) groups excluding carboxylic acids is 1. The number of unbranched alkanes of at least 4 members (excludes halogenated alkanes) is 1. The Morgan fingerprint density at radius 3 is 3.04 bits per heavy atom. The molecule has 1 atom stereocenters. The molecule has 3 rings (SSSR count). The Morgan fingerprint density at radius 1 is 1.36 bits per heavy atom. The fraction of sp³-hybridized carbons (Fsp3) is 0.526. The first-order chi connectivity index (χ1) is 12.2. The van der Waals surface area contributed by atoms with E-state index in [1.54, 1.807) is 0 Å². The average molecular weight is 342 g/mol. The van der Waals surface area contributed by atoms with Crippen LogP contribution in [0, 0.1) is 0 Å². The summed E-state index contributed by atoms with van der Waals surface area (Å²) in [4.78, 5) is 18.4. The number of anilines is 2. The first kappa shape index (κ1) is 17.5. The monoisotopic (exact) mass is 342 g/mol. The van der Waals surface area contributed by atoms with Crippen LogP contribution in [0.3, 0.4) is 0 Å². The largest absolute Gasteiger partial charge is 0.374 e. The van der Waals surface area contributed by atoms with Crippen molar-refractivity contribution < 1.29 is 9.32 Å². The number of nitrogens with one attached hydrogen (secondary N) is 1. The van der Waals surface area contributed by atoms with E-state index in [1.165, 1.54) is 0 Å². The molecule has 1 fully saturated rings. The lowest BCUT2D eigenvalue weighted by molar-refractivity contribution is -0.119. The van der Waals surface area contributed by atoms with Crippen LogP contribution >= 0.6 is 0 Å². The molecule has 2 aromatic rings. The molecule has 1 aliphatic rings. The lowest BCUT2D eigenvalue weighted by Gasteiger charge is -2.27. The Kier molecular flexibility index (Phi) is 5.68. The summed E-state index contributed by atoms with van der Waals surface area (Å²) in [6.07, 6.45) is 5.70. The normalized spacial score (nSPS) is 16.1. The van der Waals surface area contributed by atoms with E-state index in [-0.39, 0.29) is 11.9 Å². The number of aryl methyl sites for hydroxylation is 1. The second-order valence-electron chi connectivity index (χ2n) is 6.57. The molecular weight excluding hydrogens is 316 g/mol. The molecule has 0 radical (unpaired) electrons. The topological polar surface area (TPSA) is 71.3 Å². The molecular formula is C19H26N4O2. The van der Waals surface area contributed by atoms with Crippen LogP contribution in [-0.4, -0.2) is 22.6 Å². The Labute approximate surface area is 148 Å². The molecule has 1 N–H and O–H groups in total. The maximum Gasteiger partial charge on any atom is 0.248 e. The highest BCUT2D eigenvalue weighted by atomic mass is 16.5. The maximum atomic E-state index is 12.1. The number of hydrogen-bond donors (Lipinski definition) is 1. The number of benzene rings is 1. The standard InChI is InChI=1S/C19H26N4O2/c1-3-4-10-17-21-19(25-22-17)14(2)20-15-8-7-9-16(13-15)23-12-6-5-11-18(23)24/h7-9,13-14,20H,3-6,10-12H2,1-2H3.